The maximum Gasteiger partial charge on any atom is 0.0833 e. The molecule has 0 spiro atoms. The van der Waals surface area contributed by atoms with Gasteiger partial charge in [-0.3, -0.25) is 4.90 Å². The highest BCUT2D eigenvalue weighted by Crippen LogP contribution is 2.32. The van der Waals surface area contributed by atoms with Gasteiger partial charge in [0.15, 0.2) is 0 Å². The van der Waals surface area contributed by atoms with Gasteiger partial charge in [-0.2, -0.15) is 0 Å². The van der Waals surface area contributed by atoms with E-state index in [1.807, 2.05) is 13.0 Å². The van der Waals surface area contributed by atoms with Crippen molar-refractivity contribution in [2.45, 2.75) is 19.1 Å². The molecule has 0 aromatic heterocycles. The summed E-state index contributed by atoms with van der Waals surface area (Å²) in [6.07, 6.45) is 4.45. The maximum absolute atomic E-state index is 5.84. The van der Waals surface area contributed by atoms with Crippen molar-refractivity contribution in [2.24, 2.45) is 0 Å². The molecule has 0 saturated carbocycles. The first kappa shape index (κ1) is 15.0. The maximum atomic E-state index is 5.84. The zero-order valence-electron chi connectivity index (χ0n) is 13.1. The second-order valence-corrected chi connectivity index (χ2v) is 5.70. The number of hydrogen-bond acceptors (Lipinski definition) is 2. The molecule has 1 aliphatic heterocycles. The van der Waals surface area contributed by atoms with Crippen molar-refractivity contribution in [3.05, 3.63) is 83.9 Å². The second kappa shape index (κ2) is 7.39. The summed E-state index contributed by atoms with van der Waals surface area (Å²) in [5.74, 6) is 0. The number of benzene rings is 2. The van der Waals surface area contributed by atoms with E-state index < -0.39 is 0 Å². The van der Waals surface area contributed by atoms with Crippen LogP contribution in [0.1, 0.15) is 24.1 Å². The number of hydrogen-bond donors (Lipinski definition) is 0. The summed E-state index contributed by atoms with van der Waals surface area (Å²) in [5.41, 5.74) is 2.70. The normalized spacial score (nSPS) is 16.3. The van der Waals surface area contributed by atoms with Gasteiger partial charge in [0.2, 0.25) is 0 Å². The lowest BCUT2D eigenvalue weighted by molar-refractivity contribution is -0.0569. The van der Waals surface area contributed by atoms with Crippen LogP contribution in [0.4, 0.5) is 0 Å². The predicted octanol–water partition coefficient (Wildman–Crippen LogP) is 4.05. The molecule has 1 aliphatic rings. The number of likely N-dealkylation sites (tertiary alicyclic amines) is 1. The Balaban J connectivity index is 1.72. The van der Waals surface area contributed by atoms with E-state index in [9.17, 15) is 0 Å². The van der Waals surface area contributed by atoms with Crippen LogP contribution in [0, 0.1) is 0 Å². The fourth-order valence-electron chi connectivity index (χ4n) is 2.96. The smallest absolute Gasteiger partial charge is 0.0833 e. The van der Waals surface area contributed by atoms with Crippen molar-refractivity contribution >= 4 is 0 Å². The number of nitrogens with zero attached hydrogens (tertiary/aromatic N) is 1. The first-order chi connectivity index (χ1) is 10.9. The average molecular weight is 293 g/mol. The van der Waals surface area contributed by atoms with Crippen LogP contribution in [-0.4, -0.2) is 30.7 Å². The van der Waals surface area contributed by atoms with Crippen LogP contribution in [0.2, 0.25) is 0 Å². The first-order valence-corrected chi connectivity index (χ1v) is 7.95. The highest BCUT2D eigenvalue weighted by atomic mass is 16.5. The van der Waals surface area contributed by atoms with Gasteiger partial charge in [-0.15, -0.1) is 0 Å². The van der Waals surface area contributed by atoms with E-state index in [4.69, 9.17) is 4.74 Å². The SMILES string of the molecule is C/C=C/COC1CN(C(c2ccccc2)c2ccccc2)C1. The van der Waals surface area contributed by atoms with Crippen molar-refractivity contribution < 1.29 is 4.74 Å². The van der Waals surface area contributed by atoms with E-state index in [-0.39, 0.29) is 0 Å². The molecular weight excluding hydrogens is 270 g/mol. The van der Waals surface area contributed by atoms with Crippen molar-refractivity contribution in [2.75, 3.05) is 19.7 Å². The molecule has 1 heterocycles. The summed E-state index contributed by atoms with van der Waals surface area (Å²) >= 11 is 0. The zero-order valence-corrected chi connectivity index (χ0v) is 13.1. The minimum absolute atomic E-state index is 0.323. The summed E-state index contributed by atoms with van der Waals surface area (Å²) in [4.78, 5) is 2.49. The number of allylic oxidation sites excluding steroid dienone is 1. The summed E-state index contributed by atoms with van der Waals surface area (Å²) in [7, 11) is 0. The standard InChI is InChI=1S/C20H23NO/c1-2-3-14-22-19-15-21(16-19)20(17-10-6-4-7-11-17)18-12-8-5-9-13-18/h2-13,19-20H,14-16H2,1H3/b3-2+. The Morgan fingerprint density at radius 2 is 1.55 bits per heavy atom. The molecule has 22 heavy (non-hydrogen) atoms. The molecule has 0 radical (unpaired) electrons. The Morgan fingerprint density at radius 1 is 1.00 bits per heavy atom. The highest BCUT2D eigenvalue weighted by molar-refractivity contribution is 5.32. The number of ether oxygens (including phenoxy) is 1. The van der Waals surface area contributed by atoms with Crippen molar-refractivity contribution in [3.63, 3.8) is 0 Å². The van der Waals surface area contributed by atoms with Crippen molar-refractivity contribution in [1.82, 2.24) is 4.90 Å². The fraction of sp³-hybridized carbons (Fsp3) is 0.300. The molecule has 1 fully saturated rings. The molecule has 2 aromatic rings. The van der Waals surface area contributed by atoms with Gasteiger partial charge in [0.1, 0.15) is 0 Å². The second-order valence-electron chi connectivity index (χ2n) is 5.70. The number of rotatable bonds is 6. The Hall–Kier alpha value is -1.90. The third kappa shape index (κ3) is 3.46. The molecule has 2 nitrogen and oxygen atoms in total. The van der Waals surface area contributed by atoms with E-state index in [1.54, 1.807) is 0 Å². The Bertz CT molecular complexity index is 548. The van der Waals surface area contributed by atoms with E-state index in [0.29, 0.717) is 12.1 Å². The molecule has 0 bridgehead atoms. The lowest BCUT2D eigenvalue weighted by atomic mass is 9.94. The van der Waals surface area contributed by atoms with Crippen molar-refractivity contribution in [3.8, 4) is 0 Å². The minimum Gasteiger partial charge on any atom is -0.371 e. The van der Waals surface area contributed by atoms with Gasteiger partial charge in [-0.1, -0.05) is 72.8 Å². The molecule has 0 amide bonds. The van der Waals surface area contributed by atoms with Crippen LogP contribution in [0.25, 0.3) is 0 Å². The van der Waals surface area contributed by atoms with Gasteiger partial charge in [0, 0.05) is 13.1 Å². The zero-order chi connectivity index (χ0) is 15.2. The Morgan fingerprint density at radius 3 is 2.05 bits per heavy atom. The molecular formula is C20H23NO. The van der Waals surface area contributed by atoms with Crippen LogP contribution >= 0.6 is 0 Å². The molecule has 114 valence electrons. The van der Waals surface area contributed by atoms with Crippen LogP contribution in [0.15, 0.2) is 72.8 Å². The Kier molecular flexibility index (Phi) is 5.04. The quantitative estimate of drug-likeness (QED) is 0.745. The van der Waals surface area contributed by atoms with Gasteiger partial charge in [-0.25, -0.2) is 0 Å². The lowest BCUT2D eigenvalue weighted by Crippen LogP contribution is -2.53. The van der Waals surface area contributed by atoms with Crippen LogP contribution in [-0.2, 0) is 4.74 Å². The molecule has 2 aromatic carbocycles. The van der Waals surface area contributed by atoms with Crippen LogP contribution < -0.4 is 0 Å². The monoisotopic (exact) mass is 293 g/mol. The molecule has 3 rings (SSSR count). The first-order valence-electron chi connectivity index (χ1n) is 7.95. The predicted molar refractivity (Wildman–Crippen MR) is 90.9 cm³/mol. The van der Waals surface area contributed by atoms with Gasteiger partial charge in [0.25, 0.3) is 0 Å². The molecule has 0 atom stereocenters. The Labute approximate surface area is 133 Å². The summed E-state index contributed by atoms with van der Waals surface area (Å²) < 4.78 is 5.84. The molecule has 2 heteroatoms. The largest absolute Gasteiger partial charge is 0.371 e. The van der Waals surface area contributed by atoms with Crippen LogP contribution in [0.5, 0.6) is 0 Å². The summed E-state index contributed by atoms with van der Waals surface area (Å²) in [5, 5.41) is 0. The molecule has 0 aliphatic carbocycles. The lowest BCUT2D eigenvalue weighted by Gasteiger charge is -2.44. The molecule has 0 unspecified atom stereocenters. The minimum atomic E-state index is 0.323. The van der Waals surface area contributed by atoms with E-state index in [1.165, 1.54) is 11.1 Å². The van der Waals surface area contributed by atoms with E-state index >= 15 is 0 Å². The third-order valence-corrected chi connectivity index (χ3v) is 4.14. The van der Waals surface area contributed by atoms with Crippen molar-refractivity contribution in [1.29, 1.82) is 0 Å². The van der Waals surface area contributed by atoms with Gasteiger partial charge >= 0.3 is 0 Å². The van der Waals surface area contributed by atoms with Gasteiger partial charge < -0.3 is 4.74 Å². The average Bonchev–Trinajstić information content (AvgIpc) is 2.54. The van der Waals surface area contributed by atoms with E-state index in [2.05, 4.69) is 71.6 Å². The summed E-state index contributed by atoms with van der Waals surface area (Å²) in [6.45, 7) is 4.73. The molecule has 1 saturated heterocycles. The van der Waals surface area contributed by atoms with E-state index in [0.717, 1.165) is 19.7 Å². The van der Waals surface area contributed by atoms with Gasteiger partial charge in [0.05, 0.1) is 18.8 Å². The highest BCUT2D eigenvalue weighted by Gasteiger charge is 2.34. The topological polar surface area (TPSA) is 12.5 Å². The van der Waals surface area contributed by atoms with Gasteiger partial charge in [-0.05, 0) is 18.1 Å². The molecule has 0 N–H and O–H groups in total. The fourth-order valence-corrected chi connectivity index (χ4v) is 2.96. The van der Waals surface area contributed by atoms with Crippen LogP contribution in [0.3, 0.4) is 0 Å². The third-order valence-electron chi connectivity index (χ3n) is 4.14. The summed E-state index contributed by atoms with van der Waals surface area (Å²) in [6, 6.07) is 21.8.